The van der Waals surface area contributed by atoms with Crippen molar-refractivity contribution in [3.8, 4) is 5.75 Å². The topological polar surface area (TPSA) is 21.3 Å². The lowest BCUT2D eigenvalue weighted by atomic mass is 9.82. The molecule has 0 amide bonds. The fourth-order valence-electron chi connectivity index (χ4n) is 2.45. The van der Waals surface area contributed by atoms with Gasteiger partial charge in [0.05, 0.1) is 6.61 Å². The fourth-order valence-corrected chi connectivity index (χ4v) is 2.45. The SMILES string of the molecule is CC(C)CCOc1ccc(CNC2CC(C)C2)cc1. The van der Waals surface area contributed by atoms with Gasteiger partial charge in [-0.3, -0.25) is 0 Å². The second-order valence-electron chi connectivity index (χ2n) is 6.33. The molecule has 1 aliphatic carbocycles. The molecule has 1 saturated carbocycles. The zero-order chi connectivity index (χ0) is 13.7. The Morgan fingerprint density at radius 1 is 1.21 bits per heavy atom. The molecular formula is C17H27NO. The first-order valence-corrected chi connectivity index (χ1v) is 7.58. The molecule has 0 saturated heterocycles. The van der Waals surface area contributed by atoms with Crippen LogP contribution in [0.2, 0.25) is 0 Å². The molecule has 0 unspecified atom stereocenters. The normalized spacial score (nSPS) is 22.3. The standard InChI is InChI=1S/C17H27NO/c1-13(2)8-9-19-17-6-4-15(5-7-17)12-18-16-10-14(3)11-16/h4-7,13-14,16,18H,8-12H2,1-3H3. The van der Waals surface area contributed by atoms with Crippen LogP contribution in [0.15, 0.2) is 24.3 Å². The van der Waals surface area contributed by atoms with Crippen molar-refractivity contribution in [1.82, 2.24) is 5.32 Å². The van der Waals surface area contributed by atoms with Crippen LogP contribution in [-0.4, -0.2) is 12.6 Å². The molecule has 1 aromatic carbocycles. The van der Waals surface area contributed by atoms with Crippen molar-refractivity contribution >= 4 is 0 Å². The summed E-state index contributed by atoms with van der Waals surface area (Å²) in [6.07, 6.45) is 3.77. The molecule has 2 rings (SSSR count). The van der Waals surface area contributed by atoms with Crippen LogP contribution in [-0.2, 0) is 6.54 Å². The predicted octanol–water partition coefficient (Wildman–Crippen LogP) is 4.00. The molecule has 2 heteroatoms. The Morgan fingerprint density at radius 3 is 2.47 bits per heavy atom. The lowest BCUT2D eigenvalue weighted by molar-refractivity contribution is 0.240. The van der Waals surface area contributed by atoms with Gasteiger partial charge in [-0.2, -0.15) is 0 Å². The van der Waals surface area contributed by atoms with Gasteiger partial charge in [0, 0.05) is 12.6 Å². The van der Waals surface area contributed by atoms with Crippen LogP contribution in [0.1, 0.15) is 45.6 Å². The monoisotopic (exact) mass is 261 g/mol. The molecule has 1 aromatic rings. The predicted molar refractivity (Wildman–Crippen MR) is 80.4 cm³/mol. The van der Waals surface area contributed by atoms with Crippen LogP contribution < -0.4 is 10.1 Å². The first-order chi connectivity index (χ1) is 9.13. The van der Waals surface area contributed by atoms with Crippen LogP contribution in [0.4, 0.5) is 0 Å². The molecule has 1 aliphatic rings. The van der Waals surface area contributed by atoms with E-state index in [1.165, 1.54) is 18.4 Å². The number of hydrogen-bond acceptors (Lipinski definition) is 2. The second-order valence-corrected chi connectivity index (χ2v) is 6.33. The highest BCUT2D eigenvalue weighted by molar-refractivity contribution is 5.27. The zero-order valence-corrected chi connectivity index (χ0v) is 12.5. The highest BCUT2D eigenvalue weighted by Crippen LogP contribution is 2.26. The van der Waals surface area contributed by atoms with Gasteiger partial charge >= 0.3 is 0 Å². The number of ether oxygens (including phenoxy) is 1. The highest BCUT2D eigenvalue weighted by atomic mass is 16.5. The van der Waals surface area contributed by atoms with E-state index in [-0.39, 0.29) is 0 Å². The van der Waals surface area contributed by atoms with E-state index in [2.05, 4.69) is 50.4 Å². The molecule has 0 atom stereocenters. The summed E-state index contributed by atoms with van der Waals surface area (Å²) >= 11 is 0. The molecule has 0 aliphatic heterocycles. The largest absolute Gasteiger partial charge is 0.494 e. The Morgan fingerprint density at radius 2 is 1.89 bits per heavy atom. The third-order valence-corrected chi connectivity index (χ3v) is 3.86. The van der Waals surface area contributed by atoms with Gasteiger partial charge in [0.15, 0.2) is 0 Å². The fraction of sp³-hybridized carbons (Fsp3) is 0.647. The average Bonchev–Trinajstić information content (AvgIpc) is 2.34. The van der Waals surface area contributed by atoms with Gasteiger partial charge in [0.25, 0.3) is 0 Å². The summed E-state index contributed by atoms with van der Waals surface area (Å²) in [6.45, 7) is 8.55. The molecule has 106 valence electrons. The quantitative estimate of drug-likeness (QED) is 0.801. The molecular weight excluding hydrogens is 234 g/mol. The maximum atomic E-state index is 5.72. The lowest BCUT2D eigenvalue weighted by Crippen LogP contribution is -2.39. The Kier molecular flexibility index (Phi) is 5.26. The molecule has 1 fully saturated rings. The lowest BCUT2D eigenvalue weighted by Gasteiger charge is -2.33. The van der Waals surface area contributed by atoms with Crippen molar-refractivity contribution in [1.29, 1.82) is 0 Å². The van der Waals surface area contributed by atoms with E-state index in [1.54, 1.807) is 0 Å². The molecule has 0 bridgehead atoms. The van der Waals surface area contributed by atoms with E-state index in [1.807, 2.05) is 0 Å². The van der Waals surface area contributed by atoms with Crippen molar-refractivity contribution < 1.29 is 4.74 Å². The molecule has 0 radical (unpaired) electrons. The molecule has 1 N–H and O–H groups in total. The van der Waals surface area contributed by atoms with Crippen molar-refractivity contribution in [3.05, 3.63) is 29.8 Å². The zero-order valence-electron chi connectivity index (χ0n) is 12.5. The smallest absolute Gasteiger partial charge is 0.119 e. The minimum absolute atomic E-state index is 0.702. The summed E-state index contributed by atoms with van der Waals surface area (Å²) in [5.74, 6) is 2.60. The van der Waals surface area contributed by atoms with E-state index in [4.69, 9.17) is 4.74 Å². The minimum Gasteiger partial charge on any atom is -0.494 e. The summed E-state index contributed by atoms with van der Waals surface area (Å²) in [7, 11) is 0. The third kappa shape index (κ3) is 4.87. The number of rotatable bonds is 7. The van der Waals surface area contributed by atoms with E-state index in [9.17, 15) is 0 Å². The van der Waals surface area contributed by atoms with E-state index >= 15 is 0 Å². The highest BCUT2D eigenvalue weighted by Gasteiger charge is 2.24. The summed E-state index contributed by atoms with van der Waals surface area (Å²) in [6, 6.07) is 9.23. The van der Waals surface area contributed by atoms with Crippen molar-refractivity contribution in [3.63, 3.8) is 0 Å². The van der Waals surface area contributed by atoms with Gasteiger partial charge in [-0.25, -0.2) is 0 Å². The summed E-state index contributed by atoms with van der Waals surface area (Å²) in [5.41, 5.74) is 1.34. The maximum absolute atomic E-state index is 5.72. The van der Waals surface area contributed by atoms with Crippen LogP contribution >= 0.6 is 0 Å². The Bertz CT molecular complexity index is 365. The van der Waals surface area contributed by atoms with Crippen LogP contribution in [0.5, 0.6) is 5.75 Å². The average molecular weight is 261 g/mol. The summed E-state index contributed by atoms with van der Waals surface area (Å²) in [4.78, 5) is 0. The van der Waals surface area contributed by atoms with Crippen molar-refractivity contribution in [2.75, 3.05) is 6.61 Å². The first kappa shape index (κ1) is 14.4. The van der Waals surface area contributed by atoms with E-state index in [0.717, 1.165) is 37.3 Å². The van der Waals surface area contributed by atoms with E-state index in [0.29, 0.717) is 5.92 Å². The van der Waals surface area contributed by atoms with Gasteiger partial charge in [0.1, 0.15) is 5.75 Å². The maximum Gasteiger partial charge on any atom is 0.119 e. The van der Waals surface area contributed by atoms with Crippen LogP contribution in [0, 0.1) is 11.8 Å². The van der Waals surface area contributed by atoms with Crippen molar-refractivity contribution in [2.45, 2.75) is 52.6 Å². The van der Waals surface area contributed by atoms with Gasteiger partial charge in [-0.1, -0.05) is 32.9 Å². The minimum atomic E-state index is 0.702. The first-order valence-electron chi connectivity index (χ1n) is 7.58. The summed E-state index contributed by atoms with van der Waals surface area (Å²) in [5, 5.41) is 3.60. The molecule has 19 heavy (non-hydrogen) atoms. The summed E-state index contributed by atoms with van der Waals surface area (Å²) < 4.78 is 5.72. The van der Waals surface area contributed by atoms with Gasteiger partial charge in [-0.05, 0) is 48.8 Å². The Balaban J connectivity index is 1.69. The van der Waals surface area contributed by atoms with Crippen LogP contribution in [0.3, 0.4) is 0 Å². The van der Waals surface area contributed by atoms with Gasteiger partial charge in [-0.15, -0.1) is 0 Å². The number of benzene rings is 1. The molecule has 0 heterocycles. The van der Waals surface area contributed by atoms with Gasteiger partial charge < -0.3 is 10.1 Å². The van der Waals surface area contributed by atoms with E-state index < -0.39 is 0 Å². The molecule has 0 spiro atoms. The van der Waals surface area contributed by atoms with Gasteiger partial charge in [0.2, 0.25) is 0 Å². The number of hydrogen-bond donors (Lipinski definition) is 1. The Hall–Kier alpha value is -1.02. The van der Waals surface area contributed by atoms with Crippen LogP contribution in [0.25, 0.3) is 0 Å². The third-order valence-electron chi connectivity index (χ3n) is 3.86. The second kappa shape index (κ2) is 6.95. The molecule has 0 aromatic heterocycles. The van der Waals surface area contributed by atoms with Crippen molar-refractivity contribution in [2.24, 2.45) is 11.8 Å². The number of nitrogens with one attached hydrogen (secondary N) is 1. The molecule has 2 nitrogen and oxygen atoms in total. The Labute approximate surface area is 117 Å².